The molecule has 4 rings (SSSR count). The highest BCUT2D eigenvalue weighted by molar-refractivity contribution is 5.92. The summed E-state index contributed by atoms with van der Waals surface area (Å²) < 4.78 is 16.7. The molecular weight excluding hydrogens is 400 g/mol. The van der Waals surface area contributed by atoms with E-state index in [0.29, 0.717) is 29.9 Å². The first-order chi connectivity index (χ1) is 14.7. The summed E-state index contributed by atoms with van der Waals surface area (Å²) in [5, 5.41) is 11.1. The topological polar surface area (TPSA) is 111 Å². The van der Waals surface area contributed by atoms with Gasteiger partial charge in [-0.05, 0) is 52.0 Å². The first-order valence-corrected chi connectivity index (χ1v) is 10.3. The number of aromatic amines is 1. The van der Waals surface area contributed by atoms with Crippen LogP contribution in [0.2, 0.25) is 0 Å². The van der Waals surface area contributed by atoms with Crippen molar-refractivity contribution in [2.45, 2.75) is 52.2 Å². The first-order valence-electron chi connectivity index (χ1n) is 10.3. The summed E-state index contributed by atoms with van der Waals surface area (Å²) in [4.78, 5) is 25.8. The minimum atomic E-state index is -0.497. The summed E-state index contributed by atoms with van der Waals surface area (Å²) in [6.45, 7) is 8.54. The van der Waals surface area contributed by atoms with E-state index in [4.69, 9.17) is 14.0 Å². The zero-order valence-electron chi connectivity index (χ0n) is 18.1. The van der Waals surface area contributed by atoms with Crippen molar-refractivity contribution in [1.82, 2.24) is 20.3 Å². The second kappa shape index (κ2) is 8.05. The Morgan fingerprint density at radius 3 is 2.52 bits per heavy atom. The monoisotopic (exact) mass is 426 g/mol. The Kier molecular flexibility index (Phi) is 5.43. The molecule has 164 valence electrons. The van der Waals surface area contributed by atoms with Crippen molar-refractivity contribution in [1.29, 1.82) is 0 Å². The van der Waals surface area contributed by atoms with Gasteiger partial charge >= 0.3 is 6.09 Å². The summed E-state index contributed by atoms with van der Waals surface area (Å²) in [6, 6.07) is 7.52. The van der Waals surface area contributed by atoms with Gasteiger partial charge in [0.15, 0.2) is 5.52 Å². The summed E-state index contributed by atoms with van der Waals surface area (Å²) >= 11 is 0. The number of hydrogen-bond donors (Lipinski definition) is 1. The largest absolute Gasteiger partial charge is 0.490 e. The number of nitrogens with one attached hydrogen (secondary N) is 1. The Bertz CT molecular complexity index is 1140. The maximum atomic E-state index is 12.2. The Balaban J connectivity index is 1.41. The molecule has 0 atom stereocenters. The van der Waals surface area contributed by atoms with Crippen molar-refractivity contribution in [3.05, 3.63) is 40.4 Å². The third-order valence-electron chi connectivity index (χ3n) is 5.11. The minimum Gasteiger partial charge on any atom is -0.490 e. The zero-order valence-corrected chi connectivity index (χ0v) is 18.1. The normalized spacial score (nSPS) is 15.3. The van der Waals surface area contributed by atoms with Crippen LogP contribution in [-0.4, -0.2) is 51.1 Å². The minimum absolute atomic E-state index is 0.0303. The van der Waals surface area contributed by atoms with Gasteiger partial charge in [-0.15, -0.1) is 0 Å². The lowest BCUT2D eigenvalue weighted by Crippen LogP contribution is -2.44. The van der Waals surface area contributed by atoms with Gasteiger partial charge < -0.3 is 18.9 Å². The molecule has 9 heteroatoms. The lowest BCUT2D eigenvalue weighted by molar-refractivity contribution is 0.0126. The van der Waals surface area contributed by atoms with Crippen molar-refractivity contribution in [2.24, 2.45) is 0 Å². The van der Waals surface area contributed by atoms with E-state index in [0.717, 1.165) is 24.2 Å². The van der Waals surface area contributed by atoms with Gasteiger partial charge in [0, 0.05) is 31.5 Å². The molecule has 1 aliphatic heterocycles. The fourth-order valence-corrected chi connectivity index (χ4v) is 3.60. The number of aryl methyl sites for hydroxylation is 1. The van der Waals surface area contributed by atoms with E-state index < -0.39 is 5.60 Å². The van der Waals surface area contributed by atoms with Gasteiger partial charge in [-0.2, -0.15) is 5.10 Å². The quantitative estimate of drug-likeness (QED) is 0.680. The van der Waals surface area contributed by atoms with E-state index in [1.165, 1.54) is 0 Å². The summed E-state index contributed by atoms with van der Waals surface area (Å²) in [6.07, 6.45) is 1.23. The fraction of sp³-hybridized carbons (Fsp3) is 0.455. The molecule has 0 radical (unpaired) electrons. The van der Waals surface area contributed by atoms with Crippen LogP contribution in [0.1, 0.15) is 39.4 Å². The SMILES string of the molecule is Cc1onc2c(=O)[nH]nc(-c3ccc(OC4CCN(C(=O)OC(C)(C)C)CC4)cc3)c12. The van der Waals surface area contributed by atoms with E-state index in [1.54, 1.807) is 11.8 Å². The molecule has 0 aliphatic carbocycles. The van der Waals surface area contributed by atoms with E-state index in [9.17, 15) is 9.59 Å². The molecule has 1 fully saturated rings. The lowest BCUT2D eigenvalue weighted by atomic mass is 10.1. The molecule has 9 nitrogen and oxygen atoms in total. The molecule has 2 aromatic heterocycles. The van der Waals surface area contributed by atoms with Gasteiger partial charge in [0.1, 0.15) is 28.9 Å². The molecule has 1 aromatic carbocycles. The van der Waals surface area contributed by atoms with Crippen molar-refractivity contribution in [3.63, 3.8) is 0 Å². The predicted octanol–water partition coefficient (Wildman–Crippen LogP) is 3.66. The van der Waals surface area contributed by atoms with Crippen LogP contribution in [0.5, 0.6) is 5.75 Å². The van der Waals surface area contributed by atoms with E-state index in [2.05, 4.69) is 15.4 Å². The zero-order chi connectivity index (χ0) is 22.2. The van der Waals surface area contributed by atoms with Crippen molar-refractivity contribution < 1.29 is 18.8 Å². The number of ether oxygens (including phenoxy) is 2. The van der Waals surface area contributed by atoms with Crippen LogP contribution in [0, 0.1) is 6.92 Å². The Morgan fingerprint density at radius 1 is 1.19 bits per heavy atom. The number of piperidine rings is 1. The molecule has 31 heavy (non-hydrogen) atoms. The van der Waals surface area contributed by atoms with Gasteiger partial charge in [-0.25, -0.2) is 9.89 Å². The van der Waals surface area contributed by atoms with Crippen LogP contribution >= 0.6 is 0 Å². The van der Waals surface area contributed by atoms with Crippen LogP contribution in [0.4, 0.5) is 4.79 Å². The summed E-state index contributed by atoms with van der Waals surface area (Å²) in [5.41, 5.74) is 0.779. The van der Waals surface area contributed by atoms with Crippen LogP contribution in [0.3, 0.4) is 0 Å². The number of nitrogens with zero attached hydrogens (tertiary/aromatic N) is 3. The number of carbonyl (C=O) groups excluding carboxylic acids is 1. The molecule has 0 spiro atoms. The third-order valence-corrected chi connectivity index (χ3v) is 5.11. The van der Waals surface area contributed by atoms with Crippen molar-refractivity contribution in [2.75, 3.05) is 13.1 Å². The van der Waals surface area contributed by atoms with Crippen molar-refractivity contribution in [3.8, 4) is 17.0 Å². The highest BCUT2D eigenvalue weighted by Crippen LogP contribution is 2.29. The molecule has 1 amide bonds. The number of carbonyl (C=O) groups is 1. The summed E-state index contributed by atoms with van der Waals surface area (Å²) in [7, 11) is 0. The van der Waals surface area contributed by atoms with E-state index in [1.807, 2.05) is 45.0 Å². The average Bonchev–Trinajstić information content (AvgIpc) is 3.11. The first kappa shape index (κ1) is 20.9. The second-order valence-corrected chi connectivity index (χ2v) is 8.67. The number of amides is 1. The Labute approximate surface area is 179 Å². The van der Waals surface area contributed by atoms with Crippen LogP contribution in [0.15, 0.2) is 33.6 Å². The highest BCUT2D eigenvalue weighted by Gasteiger charge is 2.27. The Hall–Kier alpha value is -3.36. The standard InChI is InChI=1S/C22H26N4O5/c1-13-17-18(23-24-20(27)19(17)25-31-13)14-5-7-15(8-6-14)29-16-9-11-26(12-10-16)21(28)30-22(2,3)4/h5-8,16H,9-12H2,1-4H3,(H,24,27). The molecule has 3 heterocycles. The van der Waals surface area contributed by atoms with E-state index in [-0.39, 0.29) is 23.3 Å². The second-order valence-electron chi connectivity index (χ2n) is 8.67. The highest BCUT2D eigenvalue weighted by atomic mass is 16.6. The lowest BCUT2D eigenvalue weighted by Gasteiger charge is -2.33. The third kappa shape index (κ3) is 4.55. The average molecular weight is 426 g/mol. The van der Waals surface area contributed by atoms with Crippen LogP contribution in [-0.2, 0) is 4.74 Å². The molecular formula is C22H26N4O5. The van der Waals surface area contributed by atoms with Crippen LogP contribution < -0.4 is 10.3 Å². The number of hydrogen-bond acceptors (Lipinski definition) is 7. The van der Waals surface area contributed by atoms with Gasteiger partial charge in [-0.3, -0.25) is 4.79 Å². The molecule has 3 aromatic rings. The summed E-state index contributed by atoms with van der Waals surface area (Å²) in [5.74, 6) is 1.28. The fourth-order valence-electron chi connectivity index (χ4n) is 3.60. The molecule has 0 bridgehead atoms. The maximum Gasteiger partial charge on any atom is 0.410 e. The van der Waals surface area contributed by atoms with E-state index >= 15 is 0 Å². The molecule has 0 unspecified atom stereocenters. The number of H-pyrrole nitrogens is 1. The smallest absolute Gasteiger partial charge is 0.410 e. The van der Waals surface area contributed by atoms with Gasteiger partial charge in [0.25, 0.3) is 5.56 Å². The molecule has 1 aliphatic rings. The maximum absolute atomic E-state index is 12.2. The molecule has 0 saturated carbocycles. The number of likely N-dealkylation sites (tertiary alicyclic amines) is 1. The Morgan fingerprint density at radius 2 is 1.87 bits per heavy atom. The number of benzene rings is 1. The van der Waals surface area contributed by atoms with Gasteiger partial charge in [0.2, 0.25) is 0 Å². The molecule has 1 N–H and O–H groups in total. The van der Waals surface area contributed by atoms with Crippen molar-refractivity contribution >= 4 is 17.0 Å². The van der Waals surface area contributed by atoms with Crippen LogP contribution in [0.25, 0.3) is 22.2 Å². The van der Waals surface area contributed by atoms with Gasteiger partial charge in [-0.1, -0.05) is 5.16 Å². The molecule has 1 saturated heterocycles. The van der Waals surface area contributed by atoms with Gasteiger partial charge in [0.05, 0.1) is 5.39 Å². The number of aromatic nitrogens is 3. The predicted molar refractivity (Wildman–Crippen MR) is 114 cm³/mol. The number of fused-ring (bicyclic) bond motifs is 1. The number of rotatable bonds is 3.